The highest BCUT2D eigenvalue weighted by Crippen LogP contribution is 2.03. The molecule has 0 fully saturated rings. The van der Waals surface area contributed by atoms with Crippen molar-refractivity contribution in [2.75, 3.05) is 13.2 Å². The first-order valence-electron chi connectivity index (χ1n) is 8.07. The second-order valence-electron chi connectivity index (χ2n) is 5.15. The van der Waals surface area contributed by atoms with Crippen LogP contribution in [-0.4, -0.2) is 19.4 Å². The molecule has 0 bridgehead atoms. The average Bonchev–Trinajstić information content (AvgIpc) is 2.63. The van der Waals surface area contributed by atoms with E-state index in [1.807, 2.05) is 85.0 Å². The second-order valence-corrected chi connectivity index (χ2v) is 5.15. The summed E-state index contributed by atoms with van der Waals surface area (Å²) < 4.78 is 10.0. The lowest BCUT2D eigenvalue weighted by atomic mass is 10.2. The zero-order valence-electron chi connectivity index (χ0n) is 13.6. The van der Waals surface area contributed by atoms with Crippen molar-refractivity contribution in [1.29, 1.82) is 0 Å². The number of rotatable bonds is 8. The highest BCUT2D eigenvalue weighted by Gasteiger charge is 2.01. The first kappa shape index (κ1) is 17.5. The molecule has 2 rings (SSSR count). The van der Waals surface area contributed by atoms with E-state index < -0.39 is 6.16 Å². The van der Waals surface area contributed by atoms with Gasteiger partial charge in [-0.2, -0.15) is 0 Å². The summed E-state index contributed by atoms with van der Waals surface area (Å²) in [6.45, 7) is 0.643. The monoisotopic (exact) mass is 322 g/mol. The zero-order chi connectivity index (χ0) is 16.9. The van der Waals surface area contributed by atoms with Crippen molar-refractivity contribution in [2.24, 2.45) is 0 Å². The Morgan fingerprint density at radius 1 is 0.708 bits per heavy atom. The zero-order valence-corrected chi connectivity index (χ0v) is 13.6. The molecule has 0 unspecified atom stereocenters. The van der Waals surface area contributed by atoms with E-state index in [0.717, 1.165) is 11.1 Å². The number of ether oxygens (including phenoxy) is 2. The first-order valence-corrected chi connectivity index (χ1v) is 8.07. The number of carbonyl (C=O) groups is 1. The van der Waals surface area contributed by atoms with E-state index in [-0.39, 0.29) is 0 Å². The van der Waals surface area contributed by atoms with Crippen LogP contribution in [0.3, 0.4) is 0 Å². The van der Waals surface area contributed by atoms with Crippen LogP contribution in [0.2, 0.25) is 0 Å². The van der Waals surface area contributed by atoms with E-state index in [2.05, 4.69) is 0 Å². The Balaban J connectivity index is 1.52. The summed E-state index contributed by atoms with van der Waals surface area (Å²) in [4.78, 5) is 11.4. The molecule has 0 spiro atoms. The van der Waals surface area contributed by atoms with Crippen LogP contribution in [0.1, 0.15) is 24.0 Å². The Bertz CT molecular complexity index is 588. The van der Waals surface area contributed by atoms with Crippen LogP contribution in [0.5, 0.6) is 0 Å². The van der Waals surface area contributed by atoms with E-state index in [0.29, 0.717) is 26.1 Å². The summed E-state index contributed by atoms with van der Waals surface area (Å²) in [6.07, 6.45) is 8.68. The van der Waals surface area contributed by atoms with Gasteiger partial charge in [0.05, 0.1) is 13.2 Å². The Kier molecular flexibility index (Phi) is 7.92. The van der Waals surface area contributed by atoms with Gasteiger partial charge in [-0.3, -0.25) is 0 Å². The molecule has 2 aromatic rings. The van der Waals surface area contributed by atoms with E-state index in [1.165, 1.54) is 0 Å². The van der Waals surface area contributed by atoms with Gasteiger partial charge in [0, 0.05) is 12.8 Å². The summed E-state index contributed by atoms with van der Waals surface area (Å²) in [7, 11) is 0. The summed E-state index contributed by atoms with van der Waals surface area (Å²) in [5.41, 5.74) is 2.26. The predicted molar refractivity (Wildman–Crippen MR) is 97.5 cm³/mol. The SMILES string of the molecule is O=C(OCC/C=C/c1ccccc1)OCC/C=C/c1ccccc1. The summed E-state index contributed by atoms with van der Waals surface area (Å²) in [6, 6.07) is 20.0. The fourth-order valence-corrected chi connectivity index (χ4v) is 2.03. The topological polar surface area (TPSA) is 35.5 Å². The van der Waals surface area contributed by atoms with Gasteiger partial charge >= 0.3 is 6.16 Å². The lowest BCUT2D eigenvalue weighted by Gasteiger charge is -2.03. The maximum absolute atomic E-state index is 11.4. The van der Waals surface area contributed by atoms with Crippen molar-refractivity contribution in [3.8, 4) is 0 Å². The van der Waals surface area contributed by atoms with Gasteiger partial charge in [0.25, 0.3) is 0 Å². The van der Waals surface area contributed by atoms with Crippen LogP contribution in [0.4, 0.5) is 4.79 Å². The molecule has 2 aromatic carbocycles. The van der Waals surface area contributed by atoms with Gasteiger partial charge in [-0.15, -0.1) is 0 Å². The molecule has 124 valence electrons. The first-order chi connectivity index (χ1) is 11.8. The molecule has 0 amide bonds. The van der Waals surface area contributed by atoms with Gasteiger partial charge in [-0.05, 0) is 11.1 Å². The minimum absolute atomic E-state index is 0.321. The number of carbonyl (C=O) groups excluding carboxylic acids is 1. The Hall–Kier alpha value is -2.81. The summed E-state index contributed by atoms with van der Waals surface area (Å²) in [5.74, 6) is 0. The number of hydrogen-bond donors (Lipinski definition) is 0. The third-order valence-electron chi connectivity index (χ3n) is 3.23. The fraction of sp³-hybridized carbons (Fsp3) is 0.190. The molecule has 0 aliphatic heterocycles. The quantitative estimate of drug-likeness (QED) is 0.485. The molecule has 0 aromatic heterocycles. The van der Waals surface area contributed by atoms with Gasteiger partial charge in [-0.25, -0.2) is 4.79 Å². The molecule has 24 heavy (non-hydrogen) atoms. The number of benzene rings is 2. The smallest absolute Gasteiger partial charge is 0.434 e. The maximum atomic E-state index is 11.4. The lowest BCUT2D eigenvalue weighted by molar-refractivity contribution is 0.0578. The predicted octanol–water partition coefficient (Wildman–Crippen LogP) is 5.35. The van der Waals surface area contributed by atoms with Crippen molar-refractivity contribution in [1.82, 2.24) is 0 Å². The highest BCUT2D eigenvalue weighted by atomic mass is 16.7. The Morgan fingerprint density at radius 2 is 1.12 bits per heavy atom. The van der Waals surface area contributed by atoms with Crippen LogP contribution in [0, 0.1) is 0 Å². The maximum Gasteiger partial charge on any atom is 0.508 e. The molecule has 0 saturated carbocycles. The molecule has 0 aliphatic rings. The van der Waals surface area contributed by atoms with Gasteiger partial charge in [0.15, 0.2) is 0 Å². The Morgan fingerprint density at radius 3 is 1.54 bits per heavy atom. The molecule has 0 heterocycles. The van der Waals surface area contributed by atoms with Crippen LogP contribution in [-0.2, 0) is 9.47 Å². The van der Waals surface area contributed by atoms with Crippen molar-refractivity contribution >= 4 is 18.3 Å². The summed E-state index contributed by atoms with van der Waals surface area (Å²) >= 11 is 0. The molecular weight excluding hydrogens is 300 g/mol. The standard InChI is InChI=1S/C21H22O3/c22-21(23-17-9-7-15-19-11-3-1-4-12-19)24-18-10-8-16-20-13-5-2-6-14-20/h1-8,11-16H,9-10,17-18H2/b15-7+,16-8+. The average molecular weight is 322 g/mol. The van der Waals surface area contributed by atoms with Crippen LogP contribution in [0.25, 0.3) is 12.2 Å². The second kappa shape index (κ2) is 10.8. The molecule has 0 saturated heterocycles. The van der Waals surface area contributed by atoms with Crippen molar-refractivity contribution < 1.29 is 14.3 Å². The molecule has 0 atom stereocenters. The van der Waals surface area contributed by atoms with E-state index in [4.69, 9.17) is 9.47 Å². The van der Waals surface area contributed by atoms with E-state index in [9.17, 15) is 4.79 Å². The molecule has 3 heteroatoms. The van der Waals surface area contributed by atoms with Crippen molar-refractivity contribution in [3.63, 3.8) is 0 Å². The Labute approximate surface area is 143 Å². The van der Waals surface area contributed by atoms with Gasteiger partial charge in [0.1, 0.15) is 0 Å². The number of hydrogen-bond acceptors (Lipinski definition) is 3. The van der Waals surface area contributed by atoms with Crippen molar-refractivity contribution in [2.45, 2.75) is 12.8 Å². The molecule has 3 nitrogen and oxygen atoms in total. The molecule has 0 radical (unpaired) electrons. The minimum Gasteiger partial charge on any atom is -0.434 e. The molecule has 0 N–H and O–H groups in total. The molecular formula is C21H22O3. The van der Waals surface area contributed by atoms with Crippen LogP contribution >= 0.6 is 0 Å². The van der Waals surface area contributed by atoms with Gasteiger partial charge in [0.2, 0.25) is 0 Å². The third-order valence-corrected chi connectivity index (χ3v) is 3.23. The van der Waals surface area contributed by atoms with Crippen LogP contribution < -0.4 is 0 Å². The fourth-order valence-electron chi connectivity index (χ4n) is 2.03. The van der Waals surface area contributed by atoms with E-state index in [1.54, 1.807) is 0 Å². The van der Waals surface area contributed by atoms with E-state index >= 15 is 0 Å². The van der Waals surface area contributed by atoms with Gasteiger partial charge in [-0.1, -0.05) is 85.0 Å². The van der Waals surface area contributed by atoms with Gasteiger partial charge < -0.3 is 9.47 Å². The largest absolute Gasteiger partial charge is 0.508 e. The highest BCUT2D eigenvalue weighted by molar-refractivity contribution is 5.59. The lowest BCUT2D eigenvalue weighted by Crippen LogP contribution is -2.08. The minimum atomic E-state index is -0.615. The third kappa shape index (κ3) is 7.45. The summed E-state index contributed by atoms with van der Waals surface area (Å²) in [5, 5.41) is 0. The van der Waals surface area contributed by atoms with Crippen LogP contribution in [0.15, 0.2) is 72.8 Å². The normalized spacial score (nSPS) is 11.0. The molecule has 0 aliphatic carbocycles. The van der Waals surface area contributed by atoms with Crippen molar-refractivity contribution in [3.05, 3.63) is 83.9 Å².